The molecule has 0 unspecified atom stereocenters. The summed E-state index contributed by atoms with van der Waals surface area (Å²) in [7, 11) is 0. The first kappa shape index (κ1) is 20.4. The van der Waals surface area contributed by atoms with Gasteiger partial charge in [-0.1, -0.05) is 11.3 Å². The Kier molecular flexibility index (Phi) is 4.70. The molecule has 5 heterocycles. The van der Waals surface area contributed by atoms with Gasteiger partial charge in [0, 0.05) is 43.3 Å². The Bertz CT molecular complexity index is 1250. The standard InChI is InChI=1S/C23H25N5O2S2/c1-23(2)20-16(18-15(25-20)11-14(12-24)31-18)17(29)19-21(23)26-22(32-19)28-5-3-13(4-6-28)27-7-9-30-10-8-27/h11,13,25H,3-10H2,1-2H3. The van der Waals surface area contributed by atoms with Crippen LogP contribution in [0.2, 0.25) is 0 Å². The van der Waals surface area contributed by atoms with Crippen molar-refractivity contribution in [1.29, 1.82) is 5.26 Å². The van der Waals surface area contributed by atoms with E-state index in [2.05, 4.69) is 34.7 Å². The number of fused-ring (bicyclic) bond motifs is 4. The number of thiophene rings is 1. The summed E-state index contributed by atoms with van der Waals surface area (Å²) in [5.41, 5.74) is 3.01. The molecule has 3 aliphatic rings. The van der Waals surface area contributed by atoms with Gasteiger partial charge in [0.2, 0.25) is 5.78 Å². The van der Waals surface area contributed by atoms with Crippen LogP contribution in [0.5, 0.6) is 0 Å². The van der Waals surface area contributed by atoms with Crippen molar-refractivity contribution in [2.24, 2.45) is 0 Å². The van der Waals surface area contributed by atoms with Gasteiger partial charge in [0.05, 0.1) is 34.7 Å². The predicted molar refractivity (Wildman–Crippen MR) is 126 cm³/mol. The minimum Gasteiger partial charge on any atom is -0.379 e. The maximum absolute atomic E-state index is 13.6. The Morgan fingerprint density at radius 3 is 2.69 bits per heavy atom. The average Bonchev–Trinajstić information content (AvgIpc) is 3.52. The van der Waals surface area contributed by atoms with Gasteiger partial charge in [-0.25, -0.2) is 4.98 Å². The molecular formula is C23H25N5O2S2. The van der Waals surface area contributed by atoms with Gasteiger partial charge in [0.15, 0.2) is 5.13 Å². The van der Waals surface area contributed by atoms with Gasteiger partial charge in [-0.15, -0.1) is 11.3 Å². The van der Waals surface area contributed by atoms with E-state index in [0.717, 1.165) is 89.4 Å². The molecule has 0 atom stereocenters. The first-order chi connectivity index (χ1) is 15.5. The Balaban J connectivity index is 1.29. The summed E-state index contributed by atoms with van der Waals surface area (Å²) in [6.45, 7) is 9.94. The Morgan fingerprint density at radius 1 is 1.22 bits per heavy atom. The van der Waals surface area contributed by atoms with Crippen molar-refractivity contribution >= 4 is 43.8 Å². The molecule has 2 saturated heterocycles. The van der Waals surface area contributed by atoms with E-state index >= 15 is 0 Å². The normalized spacial score (nSPS) is 21.5. The lowest BCUT2D eigenvalue weighted by atomic mass is 9.77. The van der Waals surface area contributed by atoms with Gasteiger partial charge in [-0.05, 0) is 32.8 Å². The number of nitriles is 1. The number of nitrogens with zero attached hydrogens (tertiary/aromatic N) is 4. The van der Waals surface area contributed by atoms with Gasteiger partial charge in [0.1, 0.15) is 15.8 Å². The lowest BCUT2D eigenvalue weighted by molar-refractivity contribution is 0.0115. The van der Waals surface area contributed by atoms with E-state index in [1.807, 2.05) is 6.07 Å². The van der Waals surface area contributed by atoms with Crippen LogP contribution in [0.1, 0.15) is 58.2 Å². The molecule has 9 heteroatoms. The third kappa shape index (κ3) is 2.97. The van der Waals surface area contributed by atoms with E-state index in [1.165, 1.54) is 22.7 Å². The van der Waals surface area contributed by atoms with Crippen molar-refractivity contribution in [1.82, 2.24) is 14.9 Å². The zero-order valence-corrected chi connectivity index (χ0v) is 19.9. The highest BCUT2D eigenvalue weighted by molar-refractivity contribution is 7.20. The Hall–Kier alpha value is -2.25. The number of thiazole rings is 1. The summed E-state index contributed by atoms with van der Waals surface area (Å²) in [4.78, 5) is 28.3. The van der Waals surface area contributed by atoms with E-state index in [-0.39, 0.29) is 11.2 Å². The number of aromatic amines is 1. The molecule has 2 fully saturated rings. The molecule has 2 aliphatic heterocycles. The van der Waals surface area contributed by atoms with Gasteiger partial charge in [-0.3, -0.25) is 9.69 Å². The molecule has 0 amide bonds. The van der Waals surface area contributed by atoms with Gasteiger partial charge in [0.25, 0.3) is 0 Å². The number of rotatable bonds is 2. The first-order valence-electron chi connectivity index (χ1n) is 11.2. The van der Waals surface area contributed by atoms with Crippen LogP contribution in [0.25, 0.3) is 10.2 Å². The number of morpholine rings is 1. The third-order valence-electron chi connectivity index (χ3n) is 7.14. The molecule has 0 aromatic carbocycles. The zero-order chi connectivity index (χ0) is 22.0. The highest BCUT2D eigenvalue weighted by Crippen LogP contribution is 2.48. The number of carbonyl (C=O) groups excluding carboxylic acids is 1. The van der Waals surface area contributed by atoms with Crippen LogP contribution >= 0.6 is 22.7 Å². The van der Waals surface area contributed by atoms with Crippen LogP contribution in [0.15, 0.2) is 6.07 Å². The highest BCUT2D eigenvalue weighted by Gasteiger charge is 2.44. The lowest BCUT2D eigenvalue weighted by Gasteiger charge is -2.40. The SMILES string of the molecule is CC1(C)c2nc(N3CCC(N4CCOCC4)CC3)sc2C(=O)c2c1[nH]c1cc(C#N)sc21. The first-order valence-corrected chi connectivity index (χ1v) is 12.8. The van der Waals surface area contributed by atoms with E-state index in [9.17, 15) is 10.1 Å². The molecule has 32 heavy (non-hydrogen) atoms. The third-order valence-corrected chi connectivity index (χ3v) is 9.31. The molecule has 0 radical (unpaired) electrons. The fraction of sp³-hybridized carbons (Fsp3) is 0.522. The molecule has 3 aromatic rings. The number of aromatic nitrogens is 2. The number of anilines is 1. The summed E-state index contributed by atoms with van der Waals surface area (Å²) in [5, 5.41) is 10.2. The van der Waals surface area contributed by atoms with Crippen molar-refractivity contribution in [3.05, 3.63) is 32.8 Å². The van der Waals surface area contributed by atoms with Crippen LogP contribution in [0.3, 0.4) is 0 Å². The van der Waals surface area contributed by atoms with Gasteiger partial charge < -0.3 is 14.6 Å². The smallest absolute Gasteiger partial charge is 0.208 e. The number of hydrogen-bond acceptors (Lipinski definition) is 8. The maximum atomic E-state index is 13.6. The van der Waals surface area contributed by atoms with Crippen LogP contribution in [-0.4, -0.2) is 66.1 Å². The van der Waals surface area contributed by atoms with Gasteiger partial charge >= 0.3 is 0 Å². The minimum absolute atomic E-state index is 0.0406. The Morgan fingerprint density at radius 2 is 1.97 bits per heavy atom. The van der Waals surface area contributed by atoms with Gasteiger partial charge in [-0.2, -0.15) is 5.26 Å². The summed E-state index contributed by atoms with van der Waals surface area (Å²) in [6.07, 6.45) is 2.24. The monoisotopic (exact) mass is 467 g/mol. The summed E-state index contributed by atoms with van der Waals surface area (Å²) < 4.78 is 6.39. The molecular weight excluding hydrogens is 442 g/mol. The van der Waals surface area contributed by atoms with E-state index in [4.69, 9.17) is 9.72 Å². The number of hydrogen-bond donors (Lipinski definition) is 1. The number of nitrogens with one attached hydrogen (secondary N) is 1. The van der Waals surface area contributed by atoms with Crippen LogP contribution in [0, 0.1) is 11.3 Å². The molecule has 0 spiro atoms. The number of H-pyrrole nitrogens is 1. The molecule has 7 nitrogen and oxygen atoms in total. The predicted octanol–water partition coefficient (Wildman–Crippen LogP) is 3.73. The van der Waals surface area contributed by atoms with Crippen molar-refractivity contribution in [3.8, 4) is 6.07 Å². The summed E-state index contributed by atoms with van der Waals surface area (Å²) in [6, 6.07) is 4.65. The fourth-order valence-corrected chi connectivity index (χ4v) is 7.52. The molecule has 6 rings (SSSR count). The molecule has 166 valence electrons. The van der Waals surface area contributed by atoms with Crippen LogP contribution < -0.4 is 4.90 Å². The summed E-state index contributed by atoms with van der Waals surface area (Å²) >= 11 is 2.93. The zero-order valence-electron chi connectivity index (χ0n) is 18.2. The summed E-state index contributed by atoms with van der Waals surface area (Å²) in [5.74, 6) is 0.0406. The maximum Gasteiger partial charge on any atom is 0.208 e. The number of ether oxygens (including phenoxy) is 1. The van der Waals surface area contributed by atoms with Crippen molar-refractivity contribution < 1.29 is 9.53 Å². The van der Waals surface area contributed by atoms with Crippen molar-refractivity contribution in [3.63, 3.8) is 0 Å². The number of ketones is 1. The highest BCUT2D eigenvalue weighted by atomic mass is 32.1. The molecule has 1 aliphatic carbocycles. The van der Waals surface area contributed by atoms with Crippen LogP contribution in [0.4, 0.5) is 5.13 Å². The number of carbonyl (C=O) groups is 1. The second-order valence-corrected chi connectivity index (χ2v) is 11.4. The van der Waals surface area contributed by atoms with E-state index in [0.29, 0.717) is 10.9 Å². The van der Waals surface area contributed by atoms with Crippen LogP contribution in [-0.2, 0) is 10.2 Å². The minimum atomic E-state index is -0.384. The molecule has 1 N–H and O–H groups in total. The second kappa shape index (κ2) is 7.39. The topological polar surface area (TPSA) is 85.2 Å². The largest absolute Gasteiger partial charge is 0.379 e. The molecule has 0 saturated carbocycles. The van der Waals surface area contributed by atoms with E-state index < -0.39 is 0 Å². The average molecular weight is 468 g/mol. The van der Waals surface area contributed by atoms with Crippen molar-refractivity contribution in [2.75, 3.05) is 44.3 Å². The number of piperidine rings is 1. The Labute approximate surface area is 194 Å². The van der Waals surface area contributed by atoms with Crippen molar-refractivity contribution in [2.45, 2.75) is 38.1 Å². The van der Waals surface area contributed by atoms with E-state index in [1.54, 1.807) is 0 Å². The molecule has 3 aromatic heterocycles. The fourth-order valence-electron chi connectivity index (χ4n) is 5.34. The second-order valence-electron chi connectivity index (χ2n) is 9.34. The quantitative estimate of drug-likeness (QED) is 0.618. The molecule has 0 bridgehead atoms. The lowest BCUT2D eigenvalue weighted by Crippen LogP contribution is -2.49.